The van der Waals surface area contributed by atoms with E-state index in [1.165, 1.54) is 34.5 Å². The minimum atomic E-state index is -1.25. The number of hydrogen-bond donors (Lipinski definition) is 5. The highest BCUT2D eigenvalue weighted by molar-refractivity contribution is 8.01. The van der Waals surface area contributed by atoms with E-state index < -0.39 is 29.2 Å². The van der Waals surface area contributed by atoms with Crippen molar-refractivity contribution in [2.24, 2.45) is 5.16 Å². The number of thioether (sulfide) groups is 2. The largest absolute Gasteiger partial charge is 0.477 e. The maximum atomic E-state index is 13.1. The molecule has 4 heterocycles. The predicted molar refractivity (Wildman–Crippen MR) is 149 cm³/mol. The molecule has 8 N–H and O–H groups in total. The molecule has 4 rings (SSSR count). The summed E-state index contributed by atoms with van der Waals surface area (Å²) < 4.78 is 1.70. The van der Waals surface area contributed by atoms with Crippen LogP contribution in [-0.2, 0) is 25.8 Å². The van der Waals surface area contributed by atoms with Crippen molar-refractivity contribution in [1.29, 1.82) is 0 Å². The average Bonchev–Trinajstić information content (AvgIpc) is 3.32. The molecule has 1 saturated heterocycles. The van der Waals surface area contributed by atoms with Crippen LogP contribution in [0.15, 0.2) is 45.7 Å². The van der Waals surface area contributed by atoms with Gasteiger partial charge in [-0.25, -0.2) is 14.3 Å². The Hall–Kier alpha value is -3.83. The summed E-state index contributed by atoms with van der Waals surface area (Å²) in [6.07, 6.45) is 1.66. The van der Waals surface area contributed by atoms with Gasteiger partial charge in [0.15, 0.2) is 10.8 Å². The van der Waals surface area contributed by atoms with Gasteiger partial charge in [0.2, 0.25) is 11.6 Å². The Morgan fingerprint density at radius 2 is 2.18 bits per heavy atom. The lowest BCUT2D eigenvalue weighted by molar-refractivity contribution is -0.713. The zero-order chi connectivity index (χ0) is 28.3. The van der Waals surface area contributed by atoms with Crippen molar-refractivity contribution in [3.63, 3.8) is 0 Å². The number of fused-ring (bicyclic) bond motifs is 1. The van der Waals surface area contributed by atoms with Crippen molar-refractivity contribution in [3.8, 4) is 0 Å². The van der Waals surface area contributed by atoms with Gasteiger partial charge >= 0.3 is 11.1 Å². The second-order valence-electron chi connectivity index (χ2n) is 8.12. The number of nitrogens with zero attached hydrogens (tertiary/aromatic N) is 5. The van der Waals surface area contributed by atoms with Gasteiger partial charge < -0.3 is 32.5 Å². The molecule has 39 heavy (non-hydrogen) atoms. The molecule has 0 aliphatic carbocycles. The molecule has 206 valence electrons. The zero-order valence-electron chi connectivity index (χ0n) is 20.7. The normalized spacial score (nSPS) is 18.8. The SMILES string of the molecule is C=CC[n+]1c(N)cc(N)nc1SCC1=C(C(=O)O)N2C(=O)C(NC(=O)/C(=N\OCC)c3csc(N)n3)[C@H]2SC1. The van der Waals surface area contributed by atoms with E-state index in [0.29, 0.717) is 28.8 Å². The lowest BCUT2D eigenvalue weighted by Crippen LogP contribution is -2.71. The molecule has 0 spiro atoms. The molecule has 1 unspecified atom stereocenters. The van der Waals surface area contributed by atoms with Gasteiger partial charge in [-0.15, -0.1) is 23.1 Å². The number of nitrogens with two attached hydrogens (primary N) is 3. The van der Waals surface area contributed by atoms with Crippen LogP contribution in [0, 0.1) is 0 Å². The molecule has 2 aliphatic rings. The number of amides is 2. The number of nitrogen functional groups attached to an aromatic ring is 3. The summed E-state index contributed by atoms with van der Waals surface area (Å²) in [5, 5.41) is 18.1. The van der Waals surface area contributed by atoms with Gasteiger partial charge in [-0.1, -0.05) is 22.8 Å². The summed E-state index contributed by atoms with van der Waals surface area (Å²) in [5.74, 6) is -1.33. The van der Waals surface area contributed by atoms with Crippen LogP contribution in [0.2, 0.25) is 0 Å². The lowest BCUT2D eigenvalue weighted by Gasteiger charge is -2.49. The van der Waals surface area contributed by atoms with Crippen molar-refractivity contribution >= 4 is 75.1 Å². The molecular weight excluding hydrogens is 567 g/mol. The molecule has 0 aromatic carbocycles. The summed E-state index contributed by atoms with van der Waals surface area (Å²) in [6.45, 7) is 6.02. The number of allylic oxidation sites excluding steroid dienone is 1. The molecule has 17 heteroatoms. The molecule has 2 aromatic rings. The van der Waals surface area contributed by atoms with Gasteiger partial charge in [0.25, 0.3) is 11.8 Å². The molecule has 0 saturated carbocycles. The van der Waals surface area contributed by atoms with Gasteiger partial charge in [-0.05, 0) is 24.3 Å². The Morgan fingerprint density at radius 1 is 1.41 bits per heavy atom. The summed E-state index contributed by atoms with van der Waals surface area (Å²) >= 11 is 3.72. The van der Waals surface area contributed by atoms with Crippen molar-refractivity contribution in [2.45, 2.75) is 30.0 Å². The third-order valence-corrected chi connectivity index (χ3v) is 8.63. The van der Waals surface area contributed by atoms with Crippen LogP contribution < -0.4 is 27.1 Å². The monoisotopic (exact) mass is 592 g/mol. The van der Waals surface area contributed by atoms with Crippen LogP contribution in [0.25, 0.3) is 0 Å². The van der Waals surface area contributed by atoms with Gasteiger partial charge in [0.1, 0.15) is 29.4 Å². The number of carbonyl (C=O) groups excluding carboxylic acids is 2. The third-order valence-electron chi connectivity index (χ3n) is 5.55. The number of rotatable bonds is 11. The second kappa shape index (κ2) is 11.9. The number of carboxylic acids is 1. The number of oxime groups is 1. The first-order valence-electron chi connectivity index (χ1n) is 11.5. The van der Waals surface area contributed by atoms with E-state index in [1.54, 1.807) is 22.9 Å². The molecule has 0 radical (unpaired) electrons. The van der Waals surface area contributed by atoms with E-state index in [1.807, 2.05) is 0 Å². The van der Waals surface area contributed by atoms with Gasteiger partial charge in [0.05, 0.1) is 12.6 Å². The Labute approximate surface area is 235 Å². The van der Waals surface area contributed by atoms with Gasteiger partial charge in [0, 0.05) is 16.9 Å². The van der Waals surface area contributed by atoms with E-state index in [9.17, 15) is 19.5 Å². The standard InChI is InChI=1S/C22H25N9O5S3/c1-3-5-30-13(24)6-12(23)27-22(30)39-8-10-7-37-19-15(18(33)31(19)16(10)20(34)35)28-17(32)14(29-36-4-2)11-9-38-21(25)26-11/h3,6,9,15,19H,1,4-5,7-8H2,2H3,(H7,23,24,25,26,28,32,34,35)/p+1/b29-14-/t15?,19-/m1/s1. The fraction of sp³-hybridized carbons (Fsp3) is 0.318. The summed E-state index contributed by atoms with van der Waals surface area (Å²) in [7, 11) is 0. The fourth-order valence-corrected chi connectivity index (χ4v) is 6.92. The Morgan fingerprint density at radius 3 is 2.82 bits per heavy atom. The first-order chi connectivity index (χ1) is 18.7. The van der Waals surface area contributed by atoms with Crippen molar-refractivity contribution in [1.82, 2.24) is 20.2 Å². The zero-order valence-corrected chi connectivity index (χ0v) is 23.1. The van der Waals surface area contributed by atoms with E-state index in [4.69, 9.17) is 22.0 Å². The average molecular weight is 593 g/mol. The second-order valence-corrected chi connectivity index (χ2v) is 11.1. The number of carboxylic acid groups (broad SMARTS) is 1. The molecule has 1 fully saturated rings. The minimum absolute atomic E-state index is 0.121. The Balaban J connectivity index is 1.52. The first kappa shape index (κ1) is 28.2. The smallest absolute Gasteiger partial charge is 0.352 e. The highest BCUT2D eigenvalue weighted by Crippen LogP contribution is 2.41. The topological polar surface area (TPSA) is 216 Å². The van der Waals surface area contributed by atoms with Crippen molar-refractivity contribution < 1.29 is 28.9 Å². The molecule has 2 amide bonds. The van der Waals surface area contributed by atoms with Crippen LogP contribution in [0.3, 0.4) is 0 Å². The predicted octanol–water partition coefficient (Wildman–Crippen LogP) is 0.0297. The highest BCUT2D eigenvalue weighted by Gasteiger charge is 2.54. The van der Waals surface area contributed by atoms with Crippen LogP contribution in [0.1, 0.15) is 12.6 Å². The van der Waals surface area contributed by atoms with Crippen LogP contribution in [-0.4, -0.2) is 73.0 Å². The number of β-lactam (4-membered cyclic amide) rings is 1. The first-order valence-corrected chi connectivity index (χ1v) is 14.4. The van der Waals surface area contributed by atoms with Crippen LogP contribution in [0.5, 0.6) is 0 Å². The molecule has 0 bridgehead atoms. The number of thiazole rings is 1. The Kier molecular flexibility index (Phi) is 8.61. The molecule has 14 nitrogen and oxygen atoms in total. The van der Waals surface area contributed by atoms with Gasteiger partial charge in [-0.2, -0.15) is 0 Å². The molecule has 2 aromatic heterocycles. The summed E-state index contributed by atoms with van der Waals surface area (Å²) in [5.41, 5.74) is 18.1. The number of anilines is 3. The molecule has 2 aliphatic heterocycles. The van der Waals surface area contributed by atoms with E-state index in [2.05, 4.69) is 27.0 Å². The molecular formula is C22H26N9O5S3+. The number of carbonyl (C=O) groups is 3. The fourth-order valence-electron chi connectivity index (χ4n) is 3.85. The molecule has 2 atom stereocenters. The van der Waals surface area contributed by atoms with E-state index >= 15 is 0 Å². The maximum absolute atomic E-state index is 13.1. The van der Waals surface area contributed by atoms with Crippen molar-refractivity contribution in [3.05, 3.63) is 41.1 Å². The van der Waals surface area contributed by atoms with Crippen LogP contribution in [0.4, 0.5) is 16.8 Å². The van der Waals surface area contributed by atoms with E-state index in [0.717, 1.165) is 11.3 Å². The number of nitrogens with one attached hydrogen (secondary N) is 1. The summed E-state index contributed by atoms with van der Waals surface area (Å²) in [4.78, 5) is 53.0. The number of aromatic nitrogens is 3. The van der Waals surface area contributed by atoms with E-state index in [-0.39, 0.29) is 40.4 Å². The Bertz CT molecular complexity index is 1390. The highest BCUT2D eigenvalue weighted by atomic mass is 32.2. The minimum Gasteiger partial charge on any atom is -0.477 e. The quantitative estimate of drug-likeness (QED) is 0.0444. The third kappa shape index (κ3) is 5.79. The number of aliphatic carboxylic acids is 1. The summed E-state index contributed by atoms with van der Waals surface area (Å²) in [6, 6.07) is 0.566. The lowest BCUT2D eigenvalue weighted by atomic mass is 10.0. The van der Waals surface area contributed by atoms with Crippen LogP contribution >= 0.6 is 34.9 Å². The number of hydrogen-bond acceptors (Lipinski definition) is 13. The van der Waals surface area contributed by atoms with Gasteiger partial charge in [-0.3, -0.25) is 14.5 Å². The van der Waals surface area contributed by atoms with Crippen molar-refractivity contribution in [2.75, 3.05) is 35.3 Å². The maximum Gasteiger partial charge on any atom is 0.352 e.